The van der Waals surface area contributed by atoms with E-state index in [1.54, 1.807) is 45.3 Å². The maximum Gasteiger partial charge on any atom is 0.328 e. The third-order valence-corrected chi connectivity index (χ3v) is 7.76. The van der Waals surface area contributed by atoms with Crippen LogP contribution in [-0.4, -0.2) is 58.8 Å². The fourth-order valence-electron chi connectivity index (χ4n) is 3.98. The minimum atomic E-state index is -3.56. The number of aryl methyl sites for hydroxylation is 3. The summed E-state index contributed by atoms with van der Waals surface area (Å²) in [6, 6.07) is 14.3. The van der Waals surface area contributed by atoms with Crippen LogP contribution in [0.5, 0.6) is 0 Å². The zero-order valence-corrected chi connectivity index (χ0v) is 18.5. The largest absolute Gasteiger partial charge is 0.340 e. The molecule has 31 heavy (non-hydrogen) atoms. The fourth-order valence-corrected chi connectivity index (χ4v) is 5.40. The van der Waals surface area contributed by atoms with Gasteiger partial charge in [-0.2, -0.15) is 4.31 Å². The predicted molar refractivity (Wildman–Crippen MR) is 118 cm³/mol. The highest BCUT2D eigenvalue weighted by Crippen LogP contribution is 2.19. The Bertz CT molecular complexity index is 1270. The molecule has 0 spiro atoms. The molecule has 0 unspecified atom stereocenters. The van der Waals surface area contributed by atoms with Crippen molar-refractivity contribution in [3.05, 3.63) is 64.6 Å². The number of amides is 1. The standard InChI is InChI=1S/C22H26N4O4S/c1-17-7-9-18(10-8-17)31(29,30)25-15-13-24(14-16-25)21(27)11-12-26-20-6-4-3-5-19(20)23(2)22(26)28/h3-10H,11-16H2,1-2H3. The van der Waals surface area contributed by atoms with Crippen LogP contribution in [0, 0.1) is 6.92 Å². The molecule has 164 valence electrons. The Morgan fingerprint density at radius 1 is 0.935 bits per heavy atom. The van der Waals surface area contributed by atoms with E-state index >= 15 is 0 Å². The van der Waals surface area contributed by atoms with E-state index < -0.39 is 10.0 Å². The summed E-state index contributed by atoms with van der Waals surface area (Å²) in [4.78, 5) is 27.2. The molecule has 0 saturated carbocycles. The summed E-state index contributed by atoms with van der Waals surface area (Å²) < 4.78 is 30.3. The molecular weight excluding hydrogens is 416 g/mol. The monoisotopic (exact) mass is 442 g/mol. The SMILES string of the molecule is Cc1ccc(S(=O)(=O)N2CCN(C(=O)CCn3c(=O)n(C)c4ccccc43)CC2)cc1. The molecule has 1 fully saturated rings. The van der Waals surface area contributed by atoms with Crippen LogP contribution in [0.15, 0.2) is 58.2 Å². The first-order valence-electron chi connectivity index (χ1n) is 10.3. The van der Waals surface area contributed by atoms with Crippen LogP contribution in [0.4, 0.5) is 0 Å². The summed E-state index contributed by atoms with van der Waals surface area (Å²) in [6.45, 7) is 3.41. The van der Waals surface area contributed by atoms with Gasteiger partial charge in [-0.15, -0.1) is 0 Å². The van der Waals surface area contributed by atoms with Crippen LogP contribution < -0.4 is 5.69 Å². The summed E-state index contributed by atoms with van der Waals surface area (Å²) in [6.07, 6.45) is 0.193. The van der Waals surface area contributed by atoms with Crippen LogP contribution in [0.1, 0.15) is 12.0 Å². The average molecular weight is 443 g/mol. The quantitative estimate of drug-likeness (QED) is 0.600. The first kappa shape index (κ1) is 21.3. The second kappa shape index (κ2) is 8.32. The summed E-state index contributed by atoms with van der Waals surface area (Å²) in [5.74, 6) is -0.0766. The number of sulfonamides is 1. The Morgan fingerprint density at radius 2 is 1.55 bits per heavy atom. The lowest BCUT2D eigenvalue weighted by Crippen LogP contribution is -2.50. The van der Waals surface area contributed by atoms with E-state index in [1.807, 2.05) is 31.2 Å². The molecule has 0 radical (unpaired) electrons. The Balaban J connectivity index is 1.39. The summed E-state index contributed by atoms with van der Waals surface area (Å²) >= 11 is 0. The van der Waals surface area contributed by atoms with Crippen molar-refractivity contribution in [1.29, 1.82) is 0 Å². The van der Waals surface area contributed by atoms with Crippen LogP contribution in [0.3, 0.4) is 0 Å². The van der Waals surface area contributed by atoms with Crippen LogP contribution in [0.25, 0.3) is 11.0 Å². The Kier molecular flexibility index (Phi) is 5.72. The first-order chi connectivity index (χ1) is 14.8. The molecule has 0 bridgehead atoms. The number of benzene rings is 2. The Morgan fingerprint density at radius 3 is 2.19 bits per heavy atom. The highest BCUT2D eigenvalue weighted by Gasteiger charge is 2.30. The smallest absolute Gasteiger partial charge is 0.328 e. The first-order valence-corrected chi connectivity index (χ1v) is 11.7. The molecule has 9 heteroatoms. The van der Waals surface area contributed by atoms with Crippen LogP contribution in [-0.2, 0) is 28.4 Å². The lowest BCUT2D eigenvalue weighted by Gasteiger charge is -2.34. The van der Waals surface area contributed by atoms with Gasteiger partial charge >= 0.3 is 5.69 Å². The minimum Gasteiger partial charge on any atom is -0.340 e. The van der Waals surface area contributed by atoms with Gasteiger partial charge in [-0.05, 0) is 31.2 Å². The van der Waals surface area contributed by atoms with Gasteiger partial charge in [0.1, 0.15) is 0 Å². The highest BCUT2D eigenvalue weighted by atomic mass is 32.2. The topological polar surface area (TPSA) is 84.6 Å². The Labute approximate surface area is 181 Å². The van der Waals surface area contributed by atoms with Gasteiger partial charge in [0.2, 0.25) is 15.9 Å². The summed E-state index contributed by atoms with van der Waals surface area (Å²) in [5, 5.41) is 0. The van der Waals surface area contributed by atoms with Gasteiger partial charge in [-0.1, -0.05) is 29.8 Å². The lowest BCUT2D eigenvalue weighted by molar-refractivity contribution is -0.132. The number of para-hydroxylation sites is 2. The average Bonchev–Trinajstić information content (AvgIpc) is 3.02. The van der Waals surface area contributed by atoms with Crippen molar-refractivity contribution in [2.45, 2.75) is 24.8 Å². The number of carbonyl (C=O) groups excluding carboxylic acids is 1. The van der Waals surface area contributed by atoms with E-state index in [0.717, 1.165) is 16.6 Å². The summed E-state index contributed by atoms with van der Waals surface area (Å²) in [5.41, 5.74) is 2.48. The maximum absolute atomic E-state index is 12.8. The molecule has 1 aromatic heterocycles. The molecule has 0 atom stereocenters. The maximum atomic E-state index is 12.8. The Hall–Kier alpha value is -2.91. The van der Waals surface area contributed by atoms with Crippen molar-refractivity contribution >= 4 is 27.0 Å². The number of carbonyl (C=O) groups is 1. The number of piperazine rings is 1. The van der Waals surface area contributed by atoms with Crippen molar-refractivity contribution in [2.24, 2.45) is 7.05 Å². The highest BCUT2D eigenvalue weighted by molar-refractivity contribution is 7.89. The third-order valence-electron chi connectivity index (χ3n) is 5.85. The third kappa shape index (κ3) is 4.03. The van der Waals surface area contributed by atoms with Gasteiger partial charge in [0.25, 0.3) is 0 Å². The van der Waals surface area contributed by atoms with E-state index in [9.17, 15) is 18.0 Å². The lowest BCUT2D eigenvalue weighted by atomic mass is 10.2. The van der Waals surface area contributed by atoms with E-state index in [1.165, 1.54) is 4.31 Å². The number of nitrogens with zero attached hydrogens (tertiary/aromatic N) is 4. The molecule has 4 rings (SSSR count). The second-order valence-corrected chi connectivity index (χ2v) is 9.77. The van der Waals surface area contributed by atoms with Crippen LogP contribution in [0.2, 0.25) is 0 Å². The number of rotatable bonds is 5. The van der Waals surface area contributed by atoms with Gasteiger partial charge < -0.3 is 4.90 Å². The molecule has 1 aliphatic heterocycles. The van der Waals surface area contributed by atoms with Gasteiger partial charge in [-0.3, -0.25) is 13.9 Å². The normalized spacial score (nSPS) is 15.5. The van der Waals surface area contributed by atoms with Crippen LogP contribution >= 0.6 is 0 Å². The van der Waals surface area contributed by atoms with Crippen molar-refractivity contribution in [2.75, 3.05) is 26.2 Å². The van der Waals surface area contributed by atoms with Crippen molar-refractivity contribution < 1.29 is 13.2 Å². The molecule has 0 aliphatic carbocycles. The number of imidazole rings is 1. The van der Waals surface area contributed by atoms with Crippen molar-refractivity contribution in [3.8, 4) is 0 Å². The molecule has 1 aliphatic rings. The van der Waals surface area contributed by atoms with Gasteiger partial charge in [0.05, 0.1) is 15.9 Å². The molecule has 0 N–H and O–H groups in total. The fraction of sp³-hybridized carbons (Fsp3) is 0.364. The minimum absolute atomic E-state index is 0.0766. The molecule has 3 aromatic rings. The van der Waals surface area contributed by atoms with E-state index in [2.05, 4.69) is 0 Å². The zero-order valence-electron chi connectivity index (χ0n) is 17.7. The zero-order chi connectivity index (χ0) is 22.2. The molecule has 2 aromatic carbocycles. The van der Waals surface area contributed by atoms with Gasteiger partial charge in [-0.25, -0.2) is 13.2 Å². The van der Waals surface area contributed by atoms with Gasteiger partial charge in [0.15, 0.2) is 0 Å². The van der Waals surface area contributed by atoms with E-state index in [0.29, 0.717) is 19.6 Å². The van der Waals surface area contributed by atoms with Crippen molar-refractivity contribution in [1.82, 2.24) is 18.3 Å². The van der Waals surface area contributed by atoms with E-state index in [4.69, 9.17) is 0 Å². The molecule has 1 amide bonds. The number of hydrogen-bond donors (Lipinski definition) is 0. The van der Waals surface area contributed by atoms with E-state index in [-0.39, 0.29) is 36.0 Å². The number of fused-ring (bicyclic) bond motifs is 1. The second-order valence-electron chi connectivity index (χ2n) is 7.83. The number of hydrogen-bond acceptors (Lipinski definition) is 4. The molecule has 2 heterocycles. The van der Waals surface area contributed by atoms with Crippen molar-refractivity contribution in [3.63, 3.8) is 0 Å². The molecule has 8 nitrogen and oxygen atoms in total. The predicted octanol–water partition coefficient (Wildman–Crippen LogP) is 1.57. The molecular formula is C22H26N4O4S. The van der Waals surface area contributed by atoms with Gasteiger partial charge in [0, 0.05) is 46.2 Å². The molecule has 1 saturated heterocycles. The summed E-state index contributed by atoms with van der Waals surface area (Å²) in [7, 11) is -1.84. The number of aromatic nitrogens is 2.